The second kappa shape index (κ2) is 6.51. The summed E-state index contributed by atoms with van der Waals surface area (Å²) in [6.45, 7) is 5.14. The Bertz CT molecular complexity index is 76.2. The van der Waals surface area contributed by atoms with Crippen LogP contribution in [-0.2, 0) is 9.53 Å². The molecule has 3 N–H and O–H groups in total. The molecular weight excluding hydrogens is 132 g/mol. The van der Waals surface area contributed by atoms with E-state index in [0.717, 1.165) is 26.3 Å². The first-order valence-electron chi connectivity index (χ1n) is 3.28. The highest BCUT2D eigenvalue weighted by molar-refractivity contribution is 5.70. The van der Waals surface area contributed by atoms with Crippen molar-refractivity contribution in [2.75, 3.05) is 26.3 Å². The van der Waals surface area contributed by atoms with Crippen LogP contribution in [0.3, 0.4) is 0 Å². The zero-order valence-corrected chi connectivity index (χ0v) is 6.22. The summed E-state index contributed by atoms with van der Waals surface area (Å²) in [6, 6.07) is 0. The van der Waals surface area contributed by atoms with Crippen LogP contribution in [-0.4, -0.2) is 32.2 Å². The third kappa shape index (κ3) is 10.4. The fraction of sp³-hybridized carbons (Fsp3) is 0.833. The van der Waals surface area contributed by atoms with Gasteiger partial charge in [-0.15, -0.1) is 0 Å². The number of carbonyl (C=O) groups is 1. The van der Waals surface area contributed by atoms with Crippen molar-refractivity contribution in [1.29, 1.82) is 0 Å². The lowest BCUT2D eigenvalue weighted by molar-refractivity contribution is -0.115. The van der Waals surface area contributed by atoms with E-state index in [9.17, 15) is 4.79 Å². The summed E-state index contributed by atoms with van der Waals surface area (Å²) in [4.78, 5) is 9.22. The third-order valence-corrected chi connectivity index (χ3v) is 0.846. The molecule has 0 aromatic carbocycles. The maximum absolute atomic E-state index is 9.22. The molecule has 4 nitrogen and oxygen atoms in total. The van der Waals surface area contributed by atoms with Crippen LogP contribution in [0.15, 0.2) is 0 Å². The van der Waals surface area contributed by atoms with Crippen molar-refractivity contribution in [3.05, 3.63) is 0 Å². The van der Waals surface area contributed by atoms with Crippen LogP contribution in [0.4, 0.5) is 0 Å². The van der Waals surface area contributed by atoms with Gasteiger partial charge in [0.1, 0.15) is 0 Å². The van der Waals surface area contributed by atoms with E-state index < -0.39 is 0 Å². The summed E-state index contributed by atoms with van der Waals surface area (Å²) in [5.74, 6) is -0.333. The van der Waals surface area contributed by atoms with E-state index in [1.807, 2.05) is 0 Å². The van der Waals surface area contributed by atoms with Crippen molar-refractivity contribution in [3.63, 3.8) is 0 Å². The second-order valence-corrected chi connectivity index (χ2v) is 1.97. The number of rotatable bonds is 0. The first-order chi connectivity index (χ1) is 4.73. The van der Waals surface area contributed by atoms with Gasteiger partial charge in [-0.2, -0.15) is 0 Å². The van der Waals surface area contributed by atoms with Crippen molar-refractivity contribution >= 4 is 5.91 Å². The maximum atomic E-state index is 9.22. The Balaban J connectivity index is 0.000000180. The molecule has 1 aliphatic heterocycles. The lowest BCUT2D eigenvalue weighted by atomic mass is 10.5. The molecule has 0 saturated carbocycles. The summed E-state index contributed by atoms with van der Waals surface area (Å²) < 4.78 is 5.01. The molecule has 0 aromatic heterocycles. The Hall–Kier alpha value is -0.610. The van der Waals surface area contributed by atoms with Crippen LogP contribution in [0, 0.1) is 0 Å². The first-order valence-corrected chi connectivity index (χ1v) is 3.28. The van der Waals surface area contributed by atoms with Crippen molar-refractivity contribution in [1.82, 2.24) is 5.32 Å². The molecule has 60 valence electrons. The predicted molar refractivity (Wildman–Crippen MR) is 38.6 cm³/mol. The fourth-order valence-electron chi connectivity index (χ4n) is 0.516. The van der Waals surface area contributed by atoms with Gasteiger partial charge in [-0.05, 0) is 0 Å². The zero-order valence-electron chi connectivity index (χ0n) is 6.22. The molecule has 0 aliphatic carbocycles. The standard InChI is InChI=1S/C4H9NO.C2H5NO/c1-3-6-4-2-5-1;1-2(3)4/h5H,1-4H2;1H3,(H2,3,4). The smallest absolute Gasteiger partial charge is 0.214 e. The topological polar surface area (TPSA) is 64.3 Å². The second-order valence-electron chi connectivity index (χ2n) is 1.97. The SMILES string of the molecule is C1COCCN1.CC(N)=O. The molecule has 0 atom stereocenters. The number of nitrogens with one attached hydrogen (secondary N) is 1. The Morgan fingerprint density at radius 1 is 1.50 bits per heavy atom. The van der Waals surface area contributed by atoms with Crippen LogP contribution < -0.4 is 11.1 Å². The van der Waals surface area contributed by atoms with Crippen molar-refractivity contribution in [2.24, 2.45) is 5.73 Å². The van der Waals surface area contributed by atoms with E-state index in [4.69, 9.17) is 4.74 Å². The molecule has 0 unspecified atom stereocenters. The summed E-state index contributed by atoms with van der Waals surface area (Å²) >= 11 is 0. The van der Waals surface area contributed by atoms with E-state index in [-0.39, 0.29) is 5.91 Å². The van der Waals surface area contributed by atoms with Crippen LogP contribution in [0.2, 0.25) is 0 Å². The molecule has 1 rings (SSSR count). The third-order valence-electron chi connectivity index (χ3n) is 0.846. The number of hydrogen-bond donors (Lipinski definition) is 2. The number of ether oxygens (including phenoxy) is 1. The van der Waals surface area contributed by atoms with E-state index in [2.05, 4.69) is 11.1 Å². The molecule has 1 amide bonds. The average molecular weight is 146 g/mol. The number of carbonyl (C=O) groups excluding carboxylic acids is 1. The predicted octanol–water partition coefficient (Wildman–Crippen LogP) is -0.902. The first kappa shape index (κ1) is 9.39. The van der Waals surface area contributed by atoms with Gasteiger partial charge < -0.3 is 15.8 Å². The zero-order chi connectivity index (χ0) is 7.82. The number of morpholine rings is 1. The maximum Gasteiger partial charge on any atom is 0.214 e. The van der Waals surface area contributed by atoms with Gasteiger partial charge in [-0.3, -0.25) is 4.79 Å². The largest absolute Gasteiger partial charge is 0.379 e. The number of hydrogen-bond acceptors (Lipinski definition) is 3. The molecule has 0 radical (unpaired) electrons. The number of primary amides is 1. The van der Waals surface area contributed by atoms with E-state index >= 15 is 0 Å². The van der Waals surface area contributed by atoms with Gasteiger partial charge in [-0.1, -0.05) is 0 Å². The van der Waals surface area contributed by atoms with Crippen LogP contribution >= 0.6 is 0 Å². The van der Waals surface area contributed by atoms with Crippen molar-refractivity contribution in [2.45, 2.75) is 6.92 Å². The molecule has 1 fully saturated rings. The average Bonchev–Trinajstić information content (AvgIpc) is 1.90. The molecule has 0 bridgehead atoms. The van der Waals surface area contributed by atoms with Gasteiger partial charge in [0.2, 0.25) is 5.91 Å². The molecule has 0 spiro atoms. The summed E-state index contributed by atoms with van der Waals surface area (Å²) in [5, 5.41) is 3.16. The molecule has 4 heteroatoms. The van der Waals surface area contributed by atoms with Crippen molar-refractivity contribution in [3.8, 4) is 0 Å². The normalized spacial score (nSPS) is 16.9. The molecule has 1 saturated heterocycles. The van der Waals surface area contributed by atoms with Crippen LogP contribution in [0.5, 0.6) is 0 Å². The minimum absolute atomic E-state index is 0.333. The van der Waals surface area contributed by atoms with Gasteiger partial charge in [0.15, 0.2) is 0 Å². The minimum atomic E-state index is -0.333. The highest BCUT2D eigenvalue weighted by Gasteiger charge is 1.92. The Morgan fingerprint density at radius 3 is 2.00 bits per heavy atom. The highest BCUT2D eigenvalue weighted by atomic mass is 16.5. The highest BCUT2D eigenvalue weighted by Crippen LogP contribution is 1.76. The van der Waals surface area contributed by atoms with Gasteiger partial charge >= 0.3 is 0 Å². The quantitative estimate of drug-likeness (QED) is 0.465. The Kier molecular flexibility index (Phi) is 6.11. The Labute approximate surface area is 60.7 Å². The fourth-order valence-corrected chi connectivity index (χ4v) is 0.516. The molecular formula is C6H14N2O2. The van der Waals surface area contributed by atoms with Gasteiger partial charge in [0.25, 0.3) is 0 Å². The summed E-state index contributed by atoms with van der Waals surface area (Å²) in [7, 11) is 0. The van der Waals surface area contributed by atoms with Crippen molar-refractivity contribution < 1.29 is 9.53 Å². The molecule has 1 aliphatic rings. The lowest BCUT2D eigenvalue weighted by Crippen LogP contribution is -2.30. The van der Waals surface area contributed by atoms with Gasteiger partial charge in [-0.25, -0.2) is 0 Å². The summed E-state index contributed by atoms with van der Waals surface area (Å²) in [5.41, 5.74) is 4.47. The van der Waals surface area contributed by atoms with E-state index in [1.54, 1.807) is 0 Å². The van der Waals surface area contributed by atoms with Gasteiger partial charge in [0.05, 0.1) is 13.2 Å². The summed E-state index contributed by atoms with van der Waals surface area (Å²) in [6.07, 6.45) is 0. The number of amides is 1. The minimum Gasteiger partial charge on any atom is -0.379 e. The lowest BCUT2D eigenvalue weighted by Gasteiger charge is -2.10. The van der Waals surface area contributed by atoms with Crippen LogP contribution in [0.1, 0.15) is 6.92 Å². The van der Waals surface area contributed by atoms with E-state index in [0.29, 0.717) is 0 Å². The number of nitrogens with two attached hydrogens (primary N) is 1. The molecule has 0 aromatic rings. The Morgan fingerprint density at radius 2 is 1.90 bits per heavy atom. The van der Waals surface area contributed by atoms with Gasteiger partial charge in [0, 0.05) is 20.0 Å². The van der Waals surface area contributed by atoms with E-state index in [1.165, 1.54) is 6.92 Å². The molecule has 1 heterocycles. The monoisotopic (exact) mass is 146 g/mol. The molecule has 10 heavy (non-hydrogen) atoms. The van der Waals surface area contributed by atoms with Crippen LogP contribution in [0.25, 0.3) is 0 Å².